The Labute approximate surface area is 110 Å². The summed E-state index contributed by atoms with van der Waals surface area (Å²) in [5, 5.41) is 7.42. The van der Waals surface area contributed by atoms with Crippen LogP contribution in [0.15, 0.2) is 30.3 Å². The van der Waals surface area contributed by atoms with Gasteiger partial charge in [0, 0.05) is 0 Å². The van der Waals surface area contributed by atoms with Gasteiger partial charge in [-0.2, -0.15) is 8.42 Å². The van der Waals surface area contributed by atoms with Gasteiger partial charge in [-0.05, 0) is 5.56 Å². The molecule has 0 aliphatic rings. The lowest BCUT2D eigenvalue weighted by Crippen LogP contribution is -2.42. The van der Waals surface area contributed by atoms with Crippen molar-refractivity contribution in [3.8, 4) is 0 Å². The summed E-state index contributed by atoms with van der Waals surface area (Å²) >= 11 is 0. The average molecular weight is 289 g/mol. The zero-order valence-electron chi connectivity index (χ0n) is 9.97. The molecule has 0 bridgehead atoms. The summed E-state index contributed by atoms with van der Waals surface area (Å²) in [6.07, 6.45) is -2.34. The van der Waals surface area contributed by atoms with E-state index in [-0.39, 0.29) is 6.61 Å². The van der Waals surface area contributed by atoms with Gasteiger partial charge < -0.3 is 15.6 Å². The Balaban J connectivity index is 2.44. The third-order valence-electron chi connectivity index (χ3n) is 2.34. The van der Waals surface area contributed by atoms with Crippen LogP contribution in [0.5, 0.6) is 0 Å². The third kappa shape index (κ3) is 5.35. The van der Waals surface area contributed by atoms with Gasteiger partial charge in [0.2, 0.25) is 0 Å². The lowest BCUT2D eigenvalue weighted by Gasteiger charge is -2.15. The molecule has 2 unspecified atom stereocenters. The zero-order valence-corrected chi connectivity index (χ0v) is 10.8. The highest BCUT2D eigenvalue weighted by molar-refractivity contribution is 7.86. The highest BCUT2D eigenvalue weighted by Gasteiger charge is 2.29. The second kappa shape index (κ2) is 6.62. The van der Waals surface area contributed by atoms with Crippen LogP contribution in [-0.4, -0.2) is 35.5 Å². The smallest absolute Gasteiger partial charge is 0.308 e. The molecule has 0 saturated heterocycles. The number of ether oxygens (including phenoxy) is 1. The Hall–Kier alpha value is -1.48. The van der Waals surface area contributed by atoms with Crippen molar-refractivity contribution in [2.75, 3.05) is 0 Å². The van der Waals surface area contributed by atoms with Crippen LogP contribution >= 0.6 is 0 Å². The van der Waals surface area contributed by atoms with Crippen LogP contribution in [0, 0.1) is 0 Å². The molecule has 0 aliphatic heterocycles. The van der Waals surface area contributed by atoms with E-state index in [1.54, 1.807) is 30.3 Å². The topological polar surface area (TPSA) is 127 Å². The second-order valence-corrected chi connectivity index (χ2v) is 5.47. The van der Waals surface area contributed by atoms with Crippen LogP contribution in [0.4, 0.5) is 0 Å². The van der Waals surface area contributed by atoms with Gasteiger partial charge in [0.05, 0.1) is 12.5 Å². The summed E-state index contributed by atoms with van der Waals surface area (Å²) in [5.41, 5.74) is 5.81. The van der Waals surface area contributed by atoms with Crippen molar-refractivity contribution in [3.63, 3.8) is 0 Å². The van der Waals surface area contributed by atoms with Crippen LogP contribution < -0.4 is 5.73 Å². The molecule has 0 aromatic heterocycles. The largest absolute Gasteiger partial charge is 0.461 e. The first-order valence-corrected chi connectivity index (χ1v) is 6.90. The summed E-state index contributed by atoms with van der Waals surface area (Å²) in [4.78, 5) is 11.3. The van der Waals surface area contributed by atoms with Gasteiger partial charge >= 0.3 is 5.97 Å². The van der Waals surface area contributed by atoms with E-state index in [0.29, 0.717) is 0 Å². The normalized spacial score (nSPS) is 14.7. The van der Waals surface area contributed by atoms with Gasteiger partial charge in [0.15, 0.2) is 5.37 Å². The maximum atomic E-state index is 11.3. The molecule has 106 valence electrons. The molecule has 2 atom stereocenters. The first kappa shape index (κ1) is 15.6. The predicted octanol–water partition coefficient (Wildman–Crippen LogP) is -0.347. The number of esters is 1. The first-order chi connectivity index (χ1) is 8.80. The number of carbonyl (C=O) groups is 1. The Morgan fingerprint density at radius 2 is 1.89 bits per heavy atom. The molecule has 1 rings (SSSR count). The van der Waals surface area contributed by atoms with E-state index < -0.39 is 34.0 Å². The summed E-state index contributed by atoms with van der Waals surface area (Å²) in [6, 6.07) is 8.83. The number of hydrogen-bond donors (Lipinski definition) is 3. The molecular formula is C11H15NO6S. The van der Waals surface area contributed by atoms with Crippen LogP contribution in [-0.2, 0) is 26.3 Å². The highest BCUT2D eigenvalue weighted by atomic mass is 32.2. The van der Waals surface area contributed by atoms with Crippen molar-refractivity contribution in [3.05, 3.63) is 35.9 Å². The van der Waals surface area contributed by atoms with E-state index in [2.05, 4.69) is 0 Å². The van der Waals surface area contributed by atoms with E-state index in [4.69, 9.17) is 15.0 Å². The van der Waals surface area contributed by atoms with Gasteiger partial charge in [0.1, 0.15) is 6.61 Å². The van der Waals surface area contributed by atoms with E-state index in [1.807, 2.05) is 0 Å². The predicted molar refractivity (Wildman–Crippen MR) is 66.4 cm³/mol. The molecular weight excluding hydrogens is 274 g/mol. The maximum Gasteiger partial charge on any atom is 0.308 e. The van der Waals surface area contributed by atoms with Crippen molar-refractivity contribution in [2.45, 2.75) is 24.5 Å². The van der Waals surface area contributed by atoms with Gasteiger partial charge in [-0.15, -0.1) is 0 Å². The highest BCUT2D eigenvalue weighted by Crippen LogP contribution is 2.06. The molecule has 0 heterocycles. The Bertz CT molecular complexity index is 515. The molecule has 0 aliphatic carbocycles. The number of rotatable bonds is 6. The molecule has 4 N–H and O–H groups in total. The Morgan fingerprint density at radius 1 is 1.32 bits per heavy atom. The number of hydrogen-bond acceptors (Lipinski definition) is 6. The standard InChI is InChI=1S/C11H15NO6S/c12-11(19(15,16)17)9(13)6-10(14)18-7-8-4-2-1-3-5-8/h1-5,9,11,13H,6-7,12H2,(H,15,16,17). The quantitative estimate of drug-likeness (QED) is 0.482. The van der Waals surface area contributed by atoms with E-state index in [9.17, 15) is 18.3 Å². The maximum absolute atomic E-state index is 11.3. The minimum atomic E-state index is -4.59. The zero-order chi connectivity index (χ0) is 14.5. The molecule has 0 radical (unpaired) electrons. The summed E-state index contributed by atoms with van der Waals surface area (Å²) in [6.45, 7) is 0.00745. The fourth-order valence-corrected chi connectivity index (χ4v) is 1.78. The molecule has 1 aromatic rings. The van der Waals surface area contributed by atoms with Gasteiger partial charge in [-0.3, -0.25) is 9.35 Å². The van der Waals surface area contributed by atoms with Crippen LogP contribution in [0.3, 0.4) is 0 Å². The molecule has 0 spiro atoms. The number of benzene rings is 1. The number of aliphatic hydroxyl groups is 1. The van der Waals surface area contributed by atoms with Gasteiger partial charge in [-0.25, -0.2) is 0 Å². The first-order valence-electron chi connectivity index (χ1n) is 5.40. The van der Waals surface area contributed by atoms with Crippen LogP contribution in [0.2, 0.25) is 0 Å². The summed E-state index contributed by atoms with van der Waals surface area (Å²) < 4.78 is 34.7. The number of nitrogens with two attached hydrogens (primary N) is 1. The fourth-order valence-electron chi connectivity index (χ4n) is 1.28. The van der Waals surface area contributed by atoms with E-state index >= 15 is 0 Å². The lowest BCUT2D eigenvalue weighted by molar-refractivity contribution is -0.147. The molecule has 1 aromatic carbocycles. The SMILES string of the molecule is NC(C(O)CC(=O)OCc1ccccc1)S(=O)(=O)O. The van der Waals surface area contributed by atoms with Gasteiger partial charge in [-0.1, -0.05) is 30.3 Å². The summed E-state index contributed by atoms with van der Waals surface area (Å²) in [7, 11) is -4.59. The van der Waals surface area contributed by atoms with Crippen molar-refractivity contribution >= 4 is 16.1 Å². The fraction of sp³-hybridized carbons (Fsp3) is 0.364. The monoisotopic (exact) mass is 289 g/mol. The molecule has 19 heavy (non-hydrogen) atoms. The van der Waals surface area contributed by atoms with Crippen LogP contribution in [0.25, 0.3) is 0 Å². The van der Waals surface area contributed by atoms with Crippen molar-refractivity contribution in [2.24, 2.45) is 5.73 Å². The third-order valence-corrected chi connectivity index (χ3v) is 3.34. The van der Waals surface area contributed by atoms with E-state index in [1.165, 1.54) is 0 Å². The molecule has 0 fully saturated rings. The number of carbonyl (C=O) groups excluding carboxylic acids is 1. The summed E-state index contributed by atoms with van der Waals surface area (Å²) in [5.74, 6) is -0.810. The molecule has 0 amide bonds. The lowest BCUT2D eigenvalue weighted by atomic mass is 10.2. The minimum absolute atomic E-state index is 0.00745. The number of aliphatic hydroxyl groups excluding tert-OH is 1. The Kier molecular flexibility index (Phi) is 5.43. The molecule has 7 nitrogen and oxygen atoms in total. The minimum Gasteiger partial charge on any atom is -0.461 e. The van der Waals surface area contributed by atoms with Crippen molar-refractivity contribution in [1.82, 2.24) is 0 Å². The van der Waals surface area contributed by atoms with E-state index in [0.717, 1.165) is 5.56 Å². The second-order valence-electron chi connectivity index (χ2n) is 3.90. The van der Waals surface area contributed by atoms with Crippen molar-refractivity contribution < 1.29 is 27.6 Å². The van der Waals surface area contributed by atoms with Crippen LogP contribution in [0.1, 0.15) is 12.0 Å². The molecule has 0 saturated carbocycles. The average Bonchev–Trinajstić information content (AvgIpc) is 2.35. The van der Waals surface area contributed by atoms with Crippen molar-refractivity contribution in [1.29, 1.82) is 0 Å². The Morgan fingerprint density at radius 3 is 2.42 bits per heavy atom. The van der Waals surface area contributed by atoms with Gasteiger partial charge in [0.25, 0.3) is 10.1 Å². The molecule has 8 heteroatoms.